The minimum absolute atomic E-state index is 0.250. The highest BCUT2D eigenvalue weighted by molar-refractivity contribution is 5.73. The maximum absolute atomic E-state index is 10.8. The van der Waals surface area contributed by atoms with Gasteiger partial charge in [-0.15, -0.1) is 0 Å². The lowest BCUT2D eigenvalue weighted by Gasteiger charge is -2.36. The lowest BCUT2D eigenvalue weighted by atomic mass is 9.83. The van der Waals surface area contributed by atoms with E-state index in [2.05, 4.69) is 5.32 Å². The molecule has 4 nitrogen and oxygen atoms in total. The van der Waals surface area contributed by atoms with Crippen LogP contribution in [-0.2, 0) is 9.53 Å². The molecule has 2 fully saturated rings. The van der Waals surface area contributed by atoms with Crippen LogP contribution in [0.3, 0.4) is 0 Å². The molecule has 1 aliphatic heterocycles. The molecule has 1 heterocycles. The van der Waals surface area contributed by atoms with E-state index in [0.717, 1.165) is 0 Å². The molecule has 0 amide bonds. The van der Waals surface area contributed by atoms with Crippen LogP contribution < -0.4 is 5.32 Å². The molecule has 2 N–H and O–H groups in total. The second-order valence-corrected chi connectivity index (χ2v) is 4.60. The van der Waals surface area contributed by atoms with E-state index in [1.165, 1.54) is 32.1 Å². The van der Waals surface area contributed by atoms with Crippen LogP contribution in [0.25, 0.3) is 0 Å². The van der Waals surface area contributed by atoms with Gasteiger partial charge in [0.05, 0.1) is 13.2 Å². The van der Waals surface area contributed by atoms with Gasteiger partial charge in [-0.3, -0.25) is 10.1 Å². The smallest absolute Gasteiger partial charge is 0.323 e. The zero-order chi connectivity index (χ0) is 10.7. The van der Waals surface area contributed by atoms with Gasteiger partial charge in [0.1, 0.15) is 6.04 Å². The number of carboxylic acids is 1. The molecule has 1 saturated carbocycles. The molecular weight excluding hydrogens is 194 g/mol. The van der Waals surface area contributed by atoms with Crippen molar-refractivity contribution >= 4 is 5.97 Å². The number of morpholine rings is 1. The number of aliphatic carboxylic acids is 1. The second kappa shape index (κ2) is 4.94. The zero-order valence-electron chi connectivity index (χ0n) is 8.95. The summed E-state index contributed by atoms with van der Waals surface area (Å²) in [5, 5.41) is 12.1. The quantitative estimate of drug-likeness (QED) is 0.718. The SMILES string of the molecule is O=C(O)C1COCC(C2CCCCC2)N1. The van der Waals surface area contributed by atoms with Crippen LogP contribution in [-0.4, -0.2) is 36.4 Å². The van der Waals surface area contributed by atoms with Gasteiger partial charge in [-0.2, -0.15) is 0 Å². The number of hydrogen-bond donors (Lipinski definition) is 2. The molecule has 15 heavy (non-hydrogen) atoms. The van der Waals surface area contributed by atoms with Crippen LogP contribution in [0.4, 0.5) is 0 Å². The lowest BCUT2D eigenvalue weighted by molar-refractivity contribution is -0.144. The summed E-state index contributed by atoms with van der Waals surface area (Å²) in [7, 11) is 0. The predicted octanol–water partition coefficient (Wildman–Crippen LogP) is 1.01. The van der Waals surface area contributed by atoms with E-state index < -0.39 is 12.0 Å². The first kappa shape index (κ1) is 10.9. The average Bonchev–Trinajstić information content (AvgIpc) is 2.30. The number of hydrogen-bond acceptors (Lipinski definition) is 3. The minimum atomic E-state index is -0.796. The maximum atomic E-state index is 10.8. The third-order valence-electron chi connectivity index (χ3n) is 3.51. The third-order valence-corrected chi connectivity index (χ3v) is 3.51. The molecule has 1 aliphatic carbocycles. The van der Waals surface area contributed by atoms with Gasteiger partial charge in [0, 0.05) is 6.04 Å². The third kappa shape index (κ3) is 2.69. The molecule has 2 atom stereocenters. The number of ether oxygens (including phenoxy) is 1. The fourth-order valence-corrected chi connectivity index (χ4v) is 2.62. The summed E-state index contributed by atoms with van der Waals surface area (Å²) < 4.78 is 5.37. The Bertz CT molecular complexity index is 226. The van der Waals surface area contributed by atoms with Crippen LogP contribution in [0.1, 0.15) is 32.1 Å². The summed E-state index contributed by atoms with van der Waals surface area (Å²) in [6.07, 6.45) is 6.31. The van der Waals surface area contributed by atoms with Gasteiger partial charge in [0.25, 0.3) is 0 Å². The average molecular weight is 213 g/mol. The summed E-state index contributed by atoms with van der Waals surface area (Å²) in [4.78, 5) is 10.8. The molecule has 0 aromatic rings. The van der Waals surface area contributed by atoms with Crippen LogP contribution >= 0.6 is 0 Å². The summed E-state index contributed by atoms with van der Waals surface area (Å²) >= 11 is 0. The Hall–Kier alpha value is -0.610. The van der Waals surface area contributed by atoms with Crippen LogP contribution in [0, 0.1) is 5.92 Å². The largest absolute Gasteiger partial charge is 0.480 e. The Labute approximate surface area is 90.0 Å². The Morgan fingerprint density at radius 2 is 1.93 bits per heavy atom. The standard InChI is InChI=1S/C11H19NO3/c13-11(14)10-7-15-6-9(12-10)8-4-2-1-3-5-8/h8-10,12H,1-7H2,(H,13,14). The first-order valence-electron chi connectivity index (χ1n) is 5.84. The fraction of sp³-hybridized carbons (Fsp3) is 0.909. The van der Waals surface area contributed by atoms with Gasteiger partial charge < -0.3 is 9.84 Å². The molecule has 0 aromatic carbocycles. The number of carbonyl (C=O) groups is 1. The molecule has 0 aromatic heterocycles. The molecule has 4 heteroatoms. The van der Waals surface area contributed by atoms with Crippen molar-refractivity contribution in [3.63, 3.8) is 0 Å². The molecule has 2 unspecified atom stereocenters. The maximum Gasteiger partial charge on any atom is 0.323 e. The highest BCUT2D eigenvalue weighted by Gasteiger charge is 2.32. The molecule has 2 aliphatic rings. The van der Waals surface area contributed by atoms with E-state index in [0.29, 0.717) is 19.1 Å². The van der Waals surface area contributed by atoms with E-state index in [9.17, 15) is 4.79 Å². The normalized spacial score (nSPS) is 33.9. The minimum Gasteiger partial charge on any atom is -0.480 e. The topological polar surface area (TPSA) is 58.6 Å². The Morgan fingerprint density at radius 3 is 2.60 bits per heavy atom. The van der Waals surface area contributed by atoms with Crippen LogP contribution in [0.15, 0.2) is 0 Å². The van der Waals surface area contributed by atoms with Crippen molar-refractivity contribution in [3.05, 3.63) is 0 Å². The fourth-order valence-electron chi connectivity index (χ4n) is 2.62. The van der Waals surface area contributed by atoms with Crippen molar-refractivity contribution in [1.82, 2.24) is 5.32 Å². The highest BCUT2D eigenvalue weighted by Crippen LogP contribution is 2.27. The monoisotopic (exact) mass is 213 g/mol. The molecule has 1 saturated heterocycles. The van der Waals surface area contributed by atoms with Crippen molar-refractivity contribution in [2.75, 3.05) is 13.2 Å². The number of rotatable bonds is 2. The number of carboxylic acid groups (broad SMARTS) is 1. The molecule has 86 valence electrons. The van der Waals surface area contributed by atoms with Gasteiger partial charge in [-0.05, 0) is 18.8 Å². The highest BCUT2D eigenvalue weighted by atomic mass is 16.5. The summed E-state index contributed by atoms with van der Waals surface area (Å²) in [5.74, 6) is -0.184. The summed E-state index contributed by atoms with van der Waals surface area (Å²) in [6.45, 7) is 0.979. The lowest BCUT2D eigenvalue weighted by Crippen LogP contribution is -2.55. The van der Waals surface area contributed by atoms with E-state index in [1.54, 1.807) is 0 Å². The van der Waals surface area contributed by atoms with Crippen molar-refractivity contribution < 1.29 is 14.6 Å². The summed E-state index contributed by atoms with van der Waals surface area (Å²) in [6, 6.07) is -0.258. The first-order valence-corrected chi connectivity index (χ1v) is 5.84. The molecule has 0 bridgehead atoms. The molecule has 2 rings (SSSR count). The van der Waals surface area contributed by atoms with E-state index >= 15 is 0 Å². The van der Waals surface area contributed by atoms with E-state index in [4.69, 9.17) is 9.84 Å². The van der Waals surface area contributed by atoms with Gasteiger partial charge in [0.2, 0.25) is 0 Å². The number of nitrogens with one attached hydrogen (secondary N) is 1. The molecule has 0 spiro atoms. The van der Waals surface area contributed by atoms with Crippen molar-refractivity contribution in [3.8, 4) is 0 Å². The van der Waals surface area contributed by atoms with Crippen molar-refractivity contribution in [2.45, 2.75) is 44.2 Å². The second-order valence-electron chi connectivity index (χ2n) is 4.60. The first-order chi connectivity index (χ1) is 7.27. The van der Waals surface area contributed by atoms with Crippen LogP contribution in [0.5, 0.6) is 0 Å². The van der Waals surface area contributed by atoms with Gasteiger partial charge in [0.15, 0.2) is 0 Å². The zero-order valence-corrected chi connectivity index (χ0v) is 8.95. The molecule has 0 radical (unpaired) electrons. The Morgan fingerprint density at radius 1 is 1.20 bits per heavy atom. The van der Waals surface area contributed by atoms with Crippen molar-refractivity contribution in [1.29, 1.82) is 0 Å². The Balaban J connectivity index is 1.88. The predicted molar refractivity (Wildman–Crippen MR) is 55.7 cm³/mol. The van der Waals surface area contributed by atoms with Crippen molar-refractivity contribution in [2.24, 2.45) is 5.92 Å². The van der Waals surface area contributed by atoms with Gasteiger partial charge in [-0.25, -0.2) is 0 Å². The van der Waals surface area contributed by atoms with Gasteiger partial charge >= 0.3 is 5.97 Å². The Kier molecular flexibility index (Phi) is 3.59. The van der Waals surface area contributed by atoms with E-state index in [-0.39, 0.29) is 6.04 Å². The van der Waals surface area contributed by atoms with Gasteiger partial charge in [-0.1, -0.05) is 19.3 Å². The van der Waals surface area contributed by atoms with Crippen LogP contribution in [0.2, 0.25) is 0 Å². The molecular formula is C11H19NO3. The summed E-state index contributed by atoms with van der Waals surface area (Å²) in [5.41, 5.74) is 0. The van der Waals surface area contributed by atoms with E-state index in [1.807, 2.05) is 0 Å².